The predicted molar refractivity (Wildman–Crippen MR) is 98.9 cm³/mol. The number of halogens is 3. The van der Waals surface area contributed by atoms with Gasteiger partial charge in [0.2, 0.25) is 0 Å². The maximum atomic E-state index is 13.1. The minimum atomic E-state index is -4.12. The second-order valence-corrected chi connectivity index (χ2v) is 7.94. The summed E-state index contributed by atoms with van der Waals surface area (Å²) < 4.78 is 50.9. The van der Waals surface area contributed by atoms with Crippen LogP contribution in [-0.4, -0.2) is 57.5 Å². The molecule has 3 fully saturated rings. The van der Waals surface area contributed by atoms with Crippen LogP contribution in [0.3, 0.4) is 0 Å². The van der Waals surface area contributed by atoms with Crippen LogP contribution in [-0.2, 0) is 9.47 Å². The SMILES string of the molecule is CCOC1NC(NC2CCCC(C(F)(F)F)C2)NC(OCC2CCNCC2)N1. The van der Waals surface area contributed by atoms with E-state index in [2.05, 4.69) is 26.6 Å². The first kappa shape index (κ1) is 22.2. The van der Waals surface area contributed by atoms with Gasteiger partial charge in [-0.05, 0) is 58.0 Å². The number of rotatable bonds is 7. The second-order valence-electron chi connectivity index (χ2n) is 7.94. The number of alkyl halides is 3. The lowest BCUT2D eigenvalue weighted by Gasteiger charge is -2.41. The lowest BCUT2D eigenvalue weighted by molar-refractivity contribution is -0.184. The lowest BCUT2D eigenvalue weighted by atomic mass is 9.85. The Bertz CT molecular complexity index is 465. The van der Waals surface area contributed by atoms with Crippen molar-refractivity contribution < 1.29 is 22.6 Å². The molecular weight excluding hydrogens is 375 g/mol. The zero-order chi connectivity index (χ0) is 20.0. The molecule has 1 saturated carbocycles. The summed E-state index contributed by atoms with van der Waals surface area (Å²) in [6.07, 6.45) is -1.54. The normalized spacial score (nSPS) is 35.8. The second kappa shape index (κ2) is 10.5. The third-order valence-electron chi connectivity index (χ3n) is 5.77. The molecule has 0 aromatic carbocycles. The van der Waals surface area contributed by atoms with E-state index in [0.717, 1.165) is 32.4 Å². The molecule has 0 aromatic rings. The summed E-state index contributed by atoms with van der Waals surface area (Å²) in [5.41, 5.74) is 0. The first-order chi connectivity index (χ1) is 13.4. The topological polar surface area (TPSA) is 78.6 Å². The van der Waals surface area contributed by atoms with E-state index in [4.69, 9.17) is 9.47 Å². The first-order valence-corrected chi connectivity index (χ1v) is 10.5. The molecule has 0 radical (unpaired) electrons. The molecule has 5 unspecified atom stereocenters. The van der Waals surface area contributed by atoms with Gasteiger partial charge in [-0.15, -0.1) is 0 Å². The summed E-state index contributed by atoms with van der Waals surface area (Å²) in [5.74, 6) is -0.710. The summed E-state index contributed by atoms with van der Waals surface area (Å²) in [6.45, 7) is 5.06. The van der Waals surface area contributed by atoms with Crippen molar-refractivity contribution in [1.29, 1.82) is 0 Å². The summed E-state index contributed by atoms with van der Waals surface area (Å²) in [7, 11) is 0. The fourth-order valence-electron chi connectivity index (χ4n) is 4.19. The number of nitrogens with one attached hydrogen (secondary N) is 5. The van der Waals surface area contributed by atoms with Crippen molar-refractivity contribution in [3.8, 4) is 0 Å². The summed E-state index contributed by atoms with van der Waals surface area (Å²) in [4.78, 5) is 0. The van der Waals surface area contributed by atoms with Gasteiger partial charge in [-0.3, -0.25) is 16.0 Å². The number of ether oxygens (including phenoxy) is 2. The van der Waals surface area contributed by atoms with E-state index >= 15 is 0 Å². The third kappa shape index (κ3) is 6.79. The molecule has 7 nitrogen and oxygen atoms in total. The van der Waals surface area contributed by atoms with Crippen molar-refractivity contribution in [1.82, 2.24) is 26.6 Å². The average Bonchev–Trinajstić information content (AvgIpc) is 2.67. The Labute approximate surface area is 164 Å². The van der Waals surface area contributed by atoms with Crippen molar-refractivity contribution in [2.45, 2.75) is 76.7 Å². The van der Waals surface area contributed by atoms with Gasteiger partial charge in [-0.1, -0.05) is 6.42 Å². The van der Waals surface area contributed by atoms with Gasteiger partial charge < -0.3 is 14.8 Å². The van der Waals surface area contributed by atoms with Crippen molar-refractivity contribution in [3.05, 3.63) is 0 Å². The Balaban J connectivity index is 1.50. The summed E-state index contributed by atoms with van der Waals surface area (Å²) in [5, 5.41) is 16.3. The van der Waals surface area contributed by atoms with Gasteiger partial charge in [0, 0.05) is 12.6 Å². The summed E-state index contributed by atoms with van der Waals surface area (Å²) in [6, 6.07) is -0.198. The van der Waals surface area contributed by atoms with Gasteiger partial charge in [0.1, 0.15) is 6.29 Å². The molecule has 2 aliphatic heterocycles. The Hall–Kier alpha value is -0.490. The van der Waals surface area contributed by atoms with Gasteiger partial charge in [-0.2, -0.15) is 13.2 Å². The molecule has 28 heavy (non-hydrogen) atoms. The lowest BCUT2D eigenvalue weighted by Crippen LogP contribution is -2.73. The highest BCUT2D eigenvalue weighted by molar-refractivity contribution is 4.85. The quantitative estimate of drug-likeness (QED) is 0.435. The Morgan fingerprint density at radius 3 is 2.36 bits per heavy atom. The van der Waals surface area contributed by atoms with Crippen LogP contribution in [0.15, 0.2) is 0 Å². The van der Waals surface area contributed by atoms with Crippen LogP contribution < -0.4 is 26.6 Å². The Morgan fingerprint density at radius 2 is 1.68 bits per heavy atom. The standard InChI is InChI=1S/C18H34F3N5O2/c1-2-27-16-24-15(23-14-5-3-4-13(10-14)18(19,20)21)25-17(26-16)28-11-12-6-8-22-9-7-12/h12-17,22-26H,2-11H2,1H3. The highest BCUT2D eigenvalue weighted by atomic mass is 19.4. The average molecular weight is 409 g/mol. The zero-order valence-electron chi connectivity index (χ0n) is 16.5. The molecule has 2 heterocycles. The van der Waals surface area contributed by atoms with Gasteiger partial charge in [-0.25, -0.2) is 5.32 Å². The molecule has 0 bridgehead atoms. The maximum Gasteiger partial charge on any atom is 0.391 e. The highest BCUT2D eigenvalue weighted by Gasteiger charge is 2.42. The summed E-state index contributed by atoms with van der Waals surface area (Å²) >= 11 is 0. The molecule has 3 aliphatic rings. The minimum absolute atomic E-state index is 0.108. The molecule has 164 valence electrons. The highest BCUT2D eigenvalue weighted by Crippen LogP contribution is 2.37. The van der Waals surface area contributed by atoms with Crippen molar-refractivity contribution >= 4 is 0 Å². The molecular formula is C18H34F3N5O2. The number of hydrogen-bond donors (Lipinski definition) is 5. The van der Waals surface area contributed by atoms with Crippen LogP contribution in [0.1, 0.15) is 45.4 Å². The molecule has 0 amide bonds. The number of piperidine rings is 1. The van der Waals surface area contributed by atoms with E-state index in [1.54, 1.807) is 0 Å². The van der Waals surface area contributed by atoms with Gasteiger partial charge in [0.05, 0.1) is 12.5 Å². The first-order valence-electron chi connectivity index (χ1n) is 10.5. The Kier molecular flexibility index (Phi) is 8.34. The number of hydrogen-bond acceptors (Lipinski definition) is 7. The fourth-order valence-corrected chi connectivity index (χ4v) is 4.19. The molecule has 5 N–H and O–H groups in total. The van der Waals surface area contributed by atoms with Crippen molar-refractivity contribution in [3.63, 3.8) is 0 Å². The van der Waals surface area contributed by atoms with Crippen LogP contribution >= 0.6 is 0 Å². The van der Waals surface area contributed by atoms with Crippen LogP contribution in [0, 0.1) is 11.8 Å². The largest absolute Gasteiger partial charge is 0.391 e. The molecule has 0 aromatic heterocycles. The van der Waals surface area contributed by atoms with Crippen LogP contribution in [0.2, 0.25) is 0 Å². The van der Waals surface area contributed by atoms with Crippen molar-refractivity contribution in [2.24, 2.45) is 11.8 Å². The molecule has 1 aliphatic carbocycles. The molecule has 3 rings (SSSR count). The van der Waals surface area contributed by atoms with Crippen LogP contribution in [0.4, 0.5) is 13.2 Å². The zero-order valence-corrected chi connectivity index (χ0v) is 16.5. The Morgan fingerprint density at radius 1 is 0.964 bits per heavy atom. The smallest absolute Gasteiger partial charge is 0.350 e. The molecule has 2 saturated heterocycles. The molecule has 10 heteroatoms. The van der Waals surface area contributed by atoms with E-state index in [0.29, 0.717) is 25.6 Å². The third-order valence-corrected chi connectivity index (χ3v) is 5.77. The fraction of sp³-hybridized carbons (Fsp3) is 1.00. The van der Waals surface area contributed by atoms with Gasteiger partial charge in [0.15, 0.2) is 12.7 Å². The minimum Gasteiger partial charge on any atom is -0.350 e. The van der Waals surface area contributed by atoms with Crippen LogP contribution in [0.5, 0.6) is 0 Å². The maximum absolute atomic E-state index is 13.1. The molecule has 0 spiro atoms. The van der Waals surface area contributed by atoms with E-state index in [-0.39, 0.29) is 25.2 Å². The molecule has 5 atom stereocenters. The van der Waals surface area contributed by atoms with E-state index in [1.807, 2.05) is 6.92 Å². The van der Waals surface area contributed by atoms with E-state index in [1.165, 1.54) is 0 Å². The van der Waals surface area contributed by atoms with Crippen LogP contribution in [0.25, 0.3) is 0 Å². The van der Waals surface area contributed by atoms with Gasteiger partial charge >= 0.3 is 6.18 Å². The predicted octanol–water partition coefficient (Wildman–Crippen LogP) is 1.38. The monoisotopic (exact) mass is 409 g/mol. The van der Waals surface area contributed by atoms with Gasteiger partial charge in [0.25, 0.3) is 0 Å². The van der Waals surface area contributed by atoms with E-state index < -0.39 is 24.8 Å². The van der Waals surface area contributed by atoms with Crippen molar-refractivity contribution in [2.75, 3.05) is 26.3 Å². The van der Waals surface area contributed by atoms with E-state index in [9.17, 15) is 13.2 Å².